The Morgan fingerprint density at radius 2 is 2.13 bits per heavy atom. The summed E-state index contributed by atoms with van der Waals surface area (Å²) in [5.41, 5.74) is 2.90. The average Bonchev–Trinajstić information content (AvgIpc) is 2.22. The molecular weight excluding hydrogens is 187 g/mol. The van der Waals surface area contributed by atoms with E-state index in [4.69, 9.17) is 0 Å². The van der Waals surface area contributed by atoms with E-state index < -0.39 is 0 Å². The van der Waals surface area contributed by atoms with E-state index in [-0.39, 0.29) is 5.83 Å². The molecule has 0 aromatic heterocycles. The molecule has 0 amide bonds. The van der Waals surface area contributed by atoms with Gasteiger partial charge in [0, 0.05) is 5.57 Å². The zero-order chi connectivity index (χ0) is 10.8. The summed E-state index contributed by atoms with van der Waals surface area (Å²) in [5.74, 6) is 0.346. The van der Waals surface area contributed by atoms with E-state index in [2.05, 4.69) is 6.92 Å². The van der Waals surface area contributed by atoms with Gasteiger partial charge in [0.25, 0.3) is 0 Å². The molecule has 1 aromatic carbocycles. The minimum atomic E-state index is -0.0845. The van der Waals surface area contributed by atoms with Crippen LogP contribution in [0.5, 0.6) is 0 Å². The van der Waals surface area contributed by atoms with Crippen molar-refractivity contribution >= 4 is 5.57 Å². The van der Waals surface area contributed by atoms with Crippen LogP contribution in [0.1, 0.15) is 24.5 Å². The van der Waals surface area contributed by atoms with Gasteiger partial charge in [-0.15, -0.1) is 0 Å². The van der Waals surface area contributed by atoms with E-state index in [0.29, 0.717) is 5.92 Å². The third kappa shape index (κ3) is 2.17. The summed E-state index contributed by atoms with van der Waals surface area (Å²) in [5, 5.41) is 0. The third-order valence-electron chi connectivity index (χ3n) is 2.71. The lowest BCUT2D eigenvalue weighted by Gasteiger charge is -2.15. The number of hydrogen-bond donors (Lipinski definition) is 0. The molecule has 1 aliphatic rings. The predicted molar refractivity (Wildman–Crippen MR) is 62.1 cm³/mol. The quantitative estimate of drug-likeness (QED) is 0.638. The first-order valence-electron chi connectivity index (χ1n) is 5.31. The second-order valence-electron chi connectivity index (χ2n) is 4.21. The van der Waals surface area contributed by atoms with Gasteiger partial charge in [-0.2, -0.15) is 0 Å². The second kappa shape index (κ2) is 4.01. The zero-order valence-corrected chi connectivity index (χ0v) is 9.13. The lowest BCUT2D eigenvalue weighted by molar-refractivity contribution is 0.633. The van der Waals surface area contributed by atoms with Crippen molar-refractivity contribution in [1.29, 1.82) is 0 Å². The molecule has 1 heteroatoms. The van der Waals surface area contributed by atoms with Gasteiger partial charge in [0.05, 0.1) is 0 Å². The van der Waals surface area contributed by atoms with Crippen molar-refractivity contribution in [2.24, 2.45) is 5.92 Å². The SMILES string of the molecule is Cc1cccc(C2=CC(C)CC=C2F)c1. The lowest BCUT2D eigenvalue weighted by atomic mass is 9.92. The molecule has 0 saturated heterocycles. The van der Waals surface area contributed by atoms with Crippen LogP contribution < -0.4 is 0 Å². The first-order valence-corrected chi connectivity index (χ1v) is 5.31. The van der Waals surface area contributed by atoms with E-state index in [0.717, 1.165) is 17.6 Å². The van der Waals surface area contributed by atoms with Crippen molar-refractivity contribution in [3.63, 3.8) is 0 Å². The number of rotatable bonds is 1. The van der Waals surface area contributed by atoms with Crippen LogP contribution in [0, 0.1) is 12.8 Å². The van der Waals surface area contributed by atoms with Crippen molar-refractivity contribution in [2.45, 2.75) is 20.3 Å². The molecule has 1 aliphatic carbocycles. The fourth-order valence-electron chi connectivity index (χ4n) is 1.88. The molecule has 0 bridgehead atoms. The Balaban J connectivity index is 2.42. The number of hydrogen-bond acceptors (Lipinski definition) is 0. The fourth-order valence-corrected chi connectivity index (χ4v) is 1.88. The van der Waals surface area contributed by atoms with Crippen LogP contribution in [0.3, 0.4) is 0 Å². The topological polar surface area (TPSA) is 0 Å². The highest BCUT2D eigenvalue weighted by Gasteiger charge is 2.14. The van der Waals surface area contributed by atoms with Crippen LogP contribution in [0.2, 0.25) is 0 Å². The smallest absolute Gasteiger partial charge is 0.126 e. The highest BCUT2D eigenvalue weighted by molar-refractivity contribution is 5.78. The first kappa shape index (κ1) is 10.2. The maximum atomic E-state index is 13.6. The molecule has 0 aliphatic heterocycles. The number of halogens is 1. The highest BCUT2D eigenvalue weighted by atomic mass is 19.1. The zero-order valence-electron chi connectivity index (χ0n) is 9.13. The average molecular weight is 202 g/mol. The van der Waals surface area contributed by atoms with Gasteiger partial charge in [-0.3, -0.25) is 0 Å². The molecule has 0 nitrogen and oxygen atoms in total. The Morgan fingerprint density at radius 1 is 1.33 bits per heavy atom. The van der Waals surface area contributed by atoms with Gasteiger partial charge < -0.3 is 0 Å². The molecule has 0 spiro atoms. The Kier molecular flexibility index (Phi) is 2.72. The molecule has 2 rings (SSSR count). The van der Waals surface area contributed by atoms with Crippen LogP contribution in [-0.4, -0.2) is 0 Å². The minimum Gasteiger partial charge on any atom is -0.207 e. The minimum absolute atomic E-state index is 0.0845. The molecule has 1 aromatic rings. The molecule has 0 radical (unpaired) electrons. The van der Waals surface area contributed by atoms with Crippen molar-refractivity contribution in [2.75, 3.05) is 0 Å². The largest absolute Gasteiger partial charge is 0.207 e. The Morgan fingerprint density at radius 3 is 2.87 bits per heavy atom. The summed E-state index contributed by atoms with van der Waals surface area (Å²) in [6.07, 6.45) is 4.51. The lowest BCUT2D eigenvalue weighted by Crippen LogP contribution is -1.98. The molecule has 1 unspecified atom stereocenters. The van der Waals surface area contributed by atoms with Crippen LogP contribution >= 0.6 is 0 Å². The molecule has 0 heterocycles. The third-order valence-corrected chi connectivity index (χ3v) is 2.71. The van der Waals surface area contributed by atoms with E-state index in [1.807, 2.05) is 37.3 Å². The normalized spacial score (nSPS) is 20.9. The van der Waals surface area contributed by atoms with E-state index in [9.17, 15) is 4.39 Å². The van der Waals surface area contributed by atoms with E-state index in [1.165, 1.54) is 5.56 Å². The summed E-state index contributed by atoms with van der Waals surface area (Å²) in [6.45, 7) is 4.14. The maximum Gasteiger partial charge on any atom is 0.126 e. The molecule has 15 heavy (non-hydrogen) atoms. The maximum absolute atomic E-state index is 13.6. The summed E-state index contributed by atoms with van der Waals surface area (Å²) < 4.78 is 13.6. The molecule has 0 N–H and O–H groups in total. The first-order chi connectivity index (χ1) is 7.16. The monoisotopic (exact) mass is 202 g/mol. The van der Waals surface area contributed by atoms with Gasteiger partial charge in [0.2, 0.25) is 0 Å². The molecule has 0 saturated carbocycles. The van der Waals surface area contributed by atoms with Crippen molar-refractivity contribution in [1.82, 2.24) is 0 Å². The Labute approximate surface area is 90.1 Å². The van der Waals surface area contributed by atoms with Crippen LogP contribution in [0.4, 0.5) is 4.39 Å². The molecular formula is C14H15F. The van der Waals surface area contributed by atoms with E-state index in [1.54, 1.807) is 6.08 Å². The molecule has 78 valence electrons. The number of aryl methyl sites for hydroxylation is 1. The number of allylic oxidation sites excluding steroid dienone is 4. The molecule has 1 atom stereocenters. The summed E-state index contributed by atoms with van der Waals surface area (Å²) in [6, 6.07) is 7.98. The number of benzene rings is 1. The second-order valence-corrected chi connectivity index (χ2v) is 4.21. The van der Waals surface area contributed by atoms with Gasteiger partial charge in [0.1, 0.15) is 5.83 Å². The van der Waals surface area contributed by atoms with Gasteiger partial charge >= 0.3 is 0 Å². The van der Waals surface area contributed by atoms with Crippen LogP contribution in [0.15, 0.2) is 42.2 Å². The fraction of sp³-hybridized carbons (Fsp3) is 0.286. The van der Waals surface area contributed by atoms with Gasteiger partial charge in [-0.05, 0) is 30.9 Å². The summed E-state index contributed by atoms with van der Waals surface area (Å²) in [7, 11) is 0. The van der Waals surface area contributed by atoms with Crippen LogP contribution in [-0.2, 0) is 0 Å². The Hall–Kier alpha value is -1.37. The van der Waals surface area contributed by atoms with Crippen molar-refractivity contribution in [3.8, 4) is 0 Å². The standard InChI is InChI=1S/C14H15F/c1-10-4-3-5-12(8-10)13-9-11(2)6-7-14(13)15/h3-5,7-9,11H,6H2,1-2H3. The van der Waals surface area contributed by atoms with Crippen molar-refractivity contribution < 1.29 is 4.39 Å². The summed E-state index contributed by atoms with van der Waals surface area (Å²) in [4.78, 5) is 0. The Bertz CT molecular complexity index is 427. The predicted octanol–water partition coefficient (Wildman–Crippen LogP) is 4.27. The van der Waals surface area contributed by atoms with E-state index >= 15 is 0 Å². The van der Waals surface area contributed by atoms with Gasteiger partial charge in [0.15, 0.2) is 0 Å². The van der Waals surface area contributed by atoms with Crippen LogP contribution in [0.25, 0.3) is 5.57 Å². The highest BCUT2D eigenvalue weighted by Crippen LogP contribution is 2.31. The molecule has 0 fully saturated rings. The van der Waals surface area contributed by atoms with Crippen molar-refractivity contribution in [3.05, 3.63) is 53.4 Å². The summed E-state index contributed by atoms with van der Waals surface area (Å²) >= 11 is 0. The van der Waals surface area contributed by atoms with Gasteiger partial charge in [-0.25, -0.2) is 4.39 Å². The van der Waals surface area contributed by atoms with Gasteiger partial charge in [-0.1, -0.05) is 42.8 Å².